The van der Waals surface area contributed by atoms with Crippen molar-refractivity contribution in [1.82, 2.24) is 9.80 Å². The number of allylic oxidation sites excluding steroid dienone is 1. The van der Waals surface area contributed by atoms with Crippen molar-refractivity contribution in [3.8, 4) is 11.5 Å². The summed E-state index contributed by atoms with van der Waals surface area (Å²) in [5.74, 6) is -0.177. The minimum absolute atomic E-state index is 0.0300. The number of non-ortho nitro benzene ring substituents is 1. The smallest absolute Gasteiger partial charge is 0.269 e. The predicted octanol–water partition coefficient (Wildman–Crippen LogP) is 3.51. The summed E-state index contributed by atoms with van der Waals surface area (Å²) in [6.45, 7) is 3.85. The predicted molar refractivity (Wildman–Crippen MR) is 130 cm³/mol. The summed E-state index contributed by atoms with van der Waals surface area (Å²) >= 11 is 5.12. The van der Waals surface area contributed by atoms with Crippen LogP contribution in [-0.4, -0.2) is 52.9 Å². The minimum Gasteiger partial charge on any atom is -0.493 e. The first kappa shape index (κ1) is 24.6. The second kappa shape index (κ2) is 10.3. The first-order chi connectivity index (χ1) is 16.2. The molecule has 0 aliphatic carbocycles. The van der Waals surface area contributed by atoms with Crippen LogP contribution in [0.2, 0.25) is 0 Å². The van der Waals surface area contributed by atoms with Crippen LogP contribution >= 0.6 is 12.2 Å². The molecule has 0 spiro atoms. The molecule has 0 saturated carbocycles. The van der Waals surface area contributed by atoms with Crippen molar-refractivity contribution in [2.24, 2.45) is 0 Å². The van der Waals surface area contributed by atoms with Gasteiger partial charge < -0.3 is 9.47 Å². The van der Waals surface area contributed by atoms with Gasteiger partial charge in [-0.3, -0.25) is 29.5 Å². The summed E-state index contributed by atoms with van der Waals surface area (Å²) in [4.78, 5) is 38.4. The Morgan fingerprint density at radius 1 is 1.15 bits per heavy atom. The van der Waals surface area contributed by atoms with E-state index in [9.17, 15) is 19.7 Å². The third-order valence-corrected chi connectivity index (χ3v) is 5.75. The number of likely N-dealkylation sites (N-methyl/N-ethyl adjacent to an activating group) is 2. The van der Waals surface area contributed by atoms with Gasteiger partial charge >= 0.3 is 0 Å². The maximum atomic E-state index is 12.7. The lowest BCUT2D eigenvalue weighted by Gasteiger charge is -2.31. The van der Waals surface area contributed by atoms with Crippen LogP contribution in [0.25, 0.3) is 6.08 Å². The average molecular weight is 482 g/mol. The van der Waals surface area contributed by atoms with Gasteiger partial charge in [0.05, 0.1) is 12.0 Å². The summed E-state index contributed by atoms with van der Waals surface area (Å²) < 4.78 is 11.5. The standard InChI is InChI=1S/C24H23N3O6S/c1-5-7-17-10-16(12-19-22(28)25(2)24(34)26(3)23(19)29)13-20(32-4)21(17)33-14-15-8-6-9-18(11-15)27(30)31/h5-6,8-13H,1,7,14H2,2-4H3. The molecule has 3 rings (SSSR count). The molecule has 1 aliphatic heterocycles. The highest BCUT2D eigenvalue weighted by Crippen LogP contribution is 2.35. The van der Waals surface area contributed by atoms with E-state index in [4.69, 9.17) is 21.7 Å². The molecule has 1 saturated heterocycles. The molecular weight excluding hydrogens is 458 g/mol. The fourth-order valence-electron chi connectivity index (χ4n) is 3.45. The van der Waals surface area contributed by atoms with Gasteiger partial charge in [-0.05, 0) is 48.0 Å². The van der Waals surface area contributed by atoms with Crippen LogP contribution in [0.4, 0.5) is 5.69 Å². The molecule has 0 radical (unpaired) electrons. The SMILES string of the molecule is C=CCc1cc(C=C2C(=O)N(C)C(=S)N(C)C2=O)cc(OC)c1OCc1cccc([N+](=O)[O-])c1. The molecule has 9 nitrogen and oxygen atoms in total. The molecule has 176 valence electrons. The second-order valence-corrected chi connectivity index (χ2v) is 7.85. The molecule has 1 heterocycles. The first-order valence-electron chi connectivity index (χ1n) is 10.2. The molecule has 2 aromatic rings. The van der Waals surface area contributed by atoms with Crippen molar-refractivity contribution in [3.63, 3.8) is 0 Å². The van der Waals surface area contributed by atoms with Crippen molar-refractivity contribution in [1.29, 1.82) is 0 Å². The van der Waals surface area contributed by atoms with E-state index in [-0.39, 0.29) is 23.0 Å². The Morgan fingerprint density at radius 2 is 1.82 bits per heavy atom. The summed E-state index contributed by atoms with van der Waals surface area (Å²) in [7, 11) is 4.49. The van der Waals surface area contributed by atoms with Gasteiger partial charge in [0.2, 0.25) is 0 Å². The number of ether oxygens (including phenoxy) is 2. The van der Waals surface area contributed by atoms with Gasteiger partial charge in [-0.15, -0.1) is 6.58 Å². The zero-order valence-electron chi connectivity index (χ0n) is 18.9. The van der Waals surface area contributed by atoms with E-state index < -0.39 is 16.7 Å². The number of benzene rings is 2. The molecule has 1 aliphatic rings. The van der Waals surface area contributed by atoms with E-state index in [1.807, 2.05) is 0 Å². The van der Waals surface area contributed by atoms with Crippen molar-refractivity contribution >= 4 is 40.9 Å². The van der Waals surface area contributed by atoms with Crippen LogP contribution in [0.5, 0.6) is 11.5 Å². The number of carbonyl (C=O) groups excluding carboxylic acids is 2. The maximum absolute atomic E-state index is 12.7. The molecule has 0 aromatic heterocycles. The molecule has 0 unspecified atom stereocenters. The molecule has 1 fully saturated rings. The lowest BCUT2D eigenvalue weighted by atomic mass is 10.0. The van der Waals surface area contributed by atoms with Crippen molar-refractivity contribution in [3.05, 3.63) is 81.4 Å². The van der Waals surface area contributed by atoms with Gasteiger partial charge in [-0.25, -0.2) is 0 Å². The molecular formula is C24H23N3O6S. The third-order valence-electron chi connectivity index (χ3n) is 5.20. The van der Waals surface area contributed by atoms with Gasteiger partial charge in [-0.1, -0.05) is 18.2 Å². The van der Waals surface area contributed by atoms with E-state index in [0.717, 1.165) is 0 Å². The number of carbonyl (C=O) groups is 2. The molecule has 0 atom stereocenters. The average Bonchev–Trinajstić information content (AvgIpc) is 2.83. The van der Waals surface area contributed by atoms with Gasteiger partial charge in [0.1, 0.15) is 12.2 Å². The Balaban J connectivity index is 1.98. The lowest BCUT2D eigenvalue weighted by Crippen LogP contribution is -2.52. The van der Waals surface area contributed by atoms with Crippen molar-refractivity contribution in [2.45, 2.75) is 13.0 Å². The highest BCUT2D eigenvalue weighted by molar-refractivity contribution is 7.80. The first-order valence-corrected chi connectivity index (χ1v) is 10.6. The Bertz CT molecular complexity index is 1200. The molecule has 2 aromatic carbocycles. The molecule has 0 N–H and O–H groups in total. The van der Waals surface area contributed by atoms with Crippen molar-refractivity contribution in [2.75, 3.05) is 21.2 Å². The second-order valence-electron chi connectivity index (χ2n) is 7.49. The molecule has 0 bridgehead atoms. The van der Waals surface area contributed by atoms with Gasteiger partial charge in [0.15, 0.2) is 16.6 Å². The lowest BCUT2D eigenvalue weighted by molar-refractivity contribution is -0.384. The summed E-state index contributed by atoms with van der Waals surface area (Å²) in [6, 6.07) is 9.58. The normalized spacial score (nSPS) is 13.7. The molecule has 34 heavy (non-hydrogen) atoms. The quantitative estimate of drug-likeness (QED) is 0.142. The zero-order valence-corrected chi connectivity index (χ0v) is 19.8. The molecule has 2 amide bonds. The molecule has 10 heteroatoms. The monoisotopic (exact) mass is 481 g/mol. The van der Waals surface area contributed by atoms with E-state index in [1.54, 1.807) is 30.3 Å². The summed E-state index contributed by atoms with van der Waals surface area (Å²) in [5.41, 5.74) is 1.82. The largest absolute Gasteiger partial charge is 0.493 e. The maximum Gasteiger partial charge on any atom is 0.269 e. The minimum atomic E-state index is -0.497. The number of hydrogen-bond donors (Lipinski definition) is 0. The Hall–Kier alpha value is -4.05. The number of rotatable bonds is 8. The van der Waals surface area contributed by atoms with Crippen LogP contribution < -0.4 is 9.47 Å². The fraction of sp³-hybridized carbons (Fsp3) is 0.208. The number of methoxy groups -OCH3 is 1. The van der Waals surface area contributed by atoms with Crippen LogP contribution in [-0.2, 0) is 22.6 Å². The van der Waals surface area contributed by atoms with Crippen LogP contribution in [0.15, 0.2) is 54.6 Å². The number of nitrogens with zero attached hydrogens (tertiary/aromatic N) is 3. The van der Waals surface area contributed by atoms with E-state index in [1.165, 1.54) is 49.2 Å². The third kappa shape index (κ3) is 4.96. The van der Waals surface area contributed by atoms with Crippen LogP contribution in [0.3, 0.4) is 0 Å². The Labute approximate surface area is 202 Å². The van der Waals surface area contributed by atoms with E-state index in [0.29, 0.717) is 34.6 Å². The number of nitro groups is 1. The van der Waals surface area contributed by atoms with Crippen LogP contribution in [0, 0.1) is 10.1 Å². The Morgan fingerprint density at radius 3 is 2.41 bits per heavy atom. The van der Waals surface area contributed by atoms with Crippen molar-refractivity contribution < 1.29 is 24.0 Å². The summed E-state index contributed by atoms with van der Waals surface area (Å²) in [5, 5.41) is 11.2. The summed E-state index contributed by atoms with van der Waals surface area (Å²) in [6.07, 6.45) is 3.59. The van der Waals surface area contributed by atoms with Crippen LogP contribution in [0.1, 0.15) is 16.7 Å². The fourth-order valence-corrected chi connectivity index (χ4v) is 3.61. The van der Waals surface area contributed by atoms with E-state index in [2.05, 4.69) is 6.58 Å². The number of thiocarbonyl (C=S) groups is 1. The zero-order chi connectivity index (χ0) is 25.0. The van der Waals surface area contributed by atoms with E-state index >= 15 is 0 Å². The Kier molecular flexibility index (Phi) is 7.42. The number of nitro benzene ring substituents is 1. The topological polar surface area (TPSA) is 102 Å². The highest BCUT2D eigenvalue weighted by atomic mass is 32.1. The van der Waals surface area contributed by atoms with Gasteiger partial charge in [0, 0.05) is 31.8 Å². The highest BCUT2D eigenvalue weighted by Gasteiger charge is 2.35. The van der Waals surface area contributed by atoms with Gasteiger partial charge in [0.25, 0.3) is 17.5 Å². The van der Waals surface area contributed by atoms with Gasteiger partial charge in [-0.2, -0.15) is 0 Å². The number of hydrogen-bond acceptors (Lipinski definition) is 7. The number of amides is 2.